The fraction of sp³-hybridized carbons (Fsp3) is 0.400. The van der Waals surface area contributed by atoms with Crippen molar-refractivity contribution in [2.45, 2.75) is 27.2 Å². The van der Waals surface area contributed by atoms with E-state index >= 15 is 0 Å². The Labute approximate surface area is 178 Å². The van der Waals surface area contributed by atoms with Crippen molar-refractivity contribution in [2.75, 3.05) is 19.0 Å². The molecular formula is C20H22FNO6SSn. The van der Waals surface area contributed by atoms with Gasteiger partial charge in [0.15, 0.2) is 0 Å². The molecule has 1 atom stereocenters. The molecule has 160 valence electrons. The number of hydrogen-bond donors (Lipinski definition) is 1. The molecule has 3 aliphatic rings. The Balaban J connectivity index is 2.03. The van der Waals surface area contributed by atoms with Gasteiger partial charge in [0.1, 0.15) is 0 Å². The Morgan fingerprint density at radius 1 is 1.23 bits per heavy atom. The van der Waals surface area contributed by atoms with Crippen LogP contribution in [0.3, 0.4) is 0 Å². The van der Waals surface area contributed by atoms with Crippen LogP contribution in [0.15, 0.2) is 40.1 Å². The summed E-state index contributed by atoms with van der Waals surface area (Å²) < 4.78 is 46.4. The van der Waals surface area contributed by atoms with Crippen LogP contribution in [0, 0.1) is 5.82 Å². The van der Waals surface area contributed by atoms with E-state index in [1.54, 1.807) is 6.07 Å². The van der Waals surface area contributed by atoms with Crippen molar-refractivity contribution in [1.29, 1.82) is 0 Å². The number of carboxylic acid groups (broad SMARTS) is 1. The first-order valence-corrected chi connectivity index (χ1v) is 21.2. The van der Waals surface area contributed by atoms with Crippen LogP contribution in [0.4, 0.5) is 9.18 Å². The summed E-state index contributed by atoms with van der Waals surface area (Å²) in [5.41, 5.74) is 0.942. The number of carbonyl (C=O) groups excluding carboxylic acids is 1. The van der Waals surface area contributed by atoms with E-state index in [0.717, 1.165) is 4.90 Å². The van der Waals surface area contributed by atoms with Gasteiger partial charge >= 0.3 is 178 Å². The van der Waals surface area contributed by atoms with Gasteiger partial charge in [0, 0.05) is 0 Å². The molecule has 1 unspecified atom stereocenters. The second-order valence-corrected chi connectivity index (χ2v) is 25.2. The number of nitrogens with zero attached hydrogens (tertiary/aromatic N) is 1. The van der Waals surface area contributed by atoms with Crippen molar-refractivity contribution >= 4 is 43.7 Å². The molecule has 0 fully saturated rings. The number of halogens is 1. The summed E-state index contributed by atoms with van der Waals surface area (Å²) in [6.45, 7) is -0.356. The zero-order valence-corrected chi connectivity index (χ0v) is 20.5. The molecular weight excluding hydrogens is 520 g/mol. The summed E-state index contributed by atoms with van der Waals surface area (Å²) in [6, 6.07) is 4.50. The van der Waals surface area contributed by atoms with Crippen molar-refractivity contribution < 1.29 is 32.2 Å². The van der Waals surface area contributed by atoms with E-state index in [2.05, 4.69) is 0 Å². The maximum absolute atomic E-state index is 14.6. The molecule has 1 aromatic carbocycles. The molecule has 1 aromatic rings. The van der Waals surface area contributed by atoms with E-state index in [9.17, 15) is 27.5 Å². The van der Waals surface area contributed by atoms with Gasteiger partial charge in [-0.2, -0.15) is 0 Å². The van der Waals surface area contributed by atoms with Crippen molar-refractivity contribution in [3.8, 4) is 0 Å². The summed E-state index contributed by atoms with van der Waals surface area (Å²) in [7, 11) is -3.77. The standard InChI is InChI=1S/C17H13FNO6S.3CH3.Sn/c18-10-3-1-9(2-4-10)14-15-12(7-25-8-13(15)20)19(17(21)22)11-5-6-26(23,24)16(11)14;;;;/h1-3,14H,5-8H2,(H,21,22);3*1H3;. The van der Waals surface area contributed by atoms with Crippen LogP contribution in [-0.2, 0) is 19.4 Å². The van der Waals surface area contributed by atoms with E-state index in [-0.39, 0.29) is 53.1 Å². The first-order chi connectivity index (χ1) is 13.9. The molecule has 0 radical (unpaired) electrons. The normalized spacial score (nSPS) is 23.5. The first-order valence-electron chi connectivity index (χ1n) is 9.56. The quantitative estimate of drug-likeness (QED) is 0.577. The monoisotopic (exact) mass is 543 g/mol. The predicted octanol–water partition coefficient (Wildman–Crippen LogP) is 2.33. The average Bonchev–Trinajstić information content (AvgIpc) is 2.94. The maximum atomic E-state index is 14.6. The van der Waals surface area contributed by atoms with Crippen LogP contribution in [-0.4, -0.2) is 67.6 Å². The van der Waals surface area contributed by atoms with E-state index in [1.165, 1.54) is 12.1 Å². The zero-order valence-electron chi connectivity index (χ0n) is 16.9. The van der Waals surface area contributed by atoms with Crippen molar-refractivity contribution in [3.63, 3.8) is 0 Å². The Bertz CT molecular complexity index is 1150. The second kappa shape index (κ2) is 7.16. The number of hydrogen-bond acceptors (Lipinski definition) is 5. The summed E-state index contributed by atoms with van der Waals surface area (Å²) in [5.74, 6) is -1.95. The van der Waals surface area contributed by atoms with E-state index in [1.807, 2.05) is 14.8 Å². The van der Waals surface area contributed by atoms with Crippen LogP contribution in [0.5, 0.6) is 0 Å². The fourth-order valence-corrected chi connectivity index (χ4v) is 10.3. The zero-order chi connectivity index (χ0) is 22.0. The minimum atomic E-state index is -3.77. The van der Waals surface area contributed by atoms with Gasteiger partial charge in [0.2, 0.25) is 0 Å². The number of benzene rings is 1. The Morgan fingerprint density at radius 2 is 1.93 bits per heavy atom. The number of ether oxygens (including phenoxy) is 1. The predicted molar refractivity (Wildman–Crippen MR) is 110 cm³/mol. The van der Waals surface area contributed by atoms with Crippen LogP contribution < -0.4 is 3.58 Å². The third-order valence-corrected chi connectivity index (χ3v) is 13.3. The van der Waals surface area contributed by atoms with E-state index < -0.39 is 46.0 Å². The number of Topliss-reactive ketones (excluding diaryl/α,β-unsaturated/α-hetero) is 1. The van der Waals surface area contributed by atoms with Gasteiger partial charge < -0.3 is 0 Å². The average molecular weight is 542 g/mol. The first kappa shape index (κ1) is 21.5. The van der Waals surface area contributed by atoms with Crippen LogP contribution in [0.25, 0.3) is 0 Å². The number of sulfone groups is 1. The molecule has 7 nitrogen and oxygen atoms in total. The molecule has 3 heterocycles. The molecule has 3 aliphatic heterocycles. The van der Waals surface area contributed by atoms with Gasteiger partial charge in [-0.25, -0.2) is 0 Å². The number of carbonyl (C=O) groups is 2. The van der Waals surface area contributed by atoms with Crippen LogP contribution in [0.2, 0.25) is 14.8 Å². The number of allylic oxidation sites excluding steroid dienone is 2. The van der Waals surface area contributed by atoms with Crippen molar-refractivity contribution in [3.05, 3.63) is 51.5 Å². The molecule has 0 aromatic heterocycles. The molecule has 0 saturated heterocycles. The van der Waals surface area contributed by atoms with Crippen molar-refractivity contribution in [1.82, 2.24) is 4.90 Å². The van der Waals surface area contributed by atoms with Crippen LogP contribution in [0.1, 0.15) is 17.9 Å². The summed E-state index contributed by atoms with van der Waals surface area (Å²) in [6.07, 6.45) is -1.31. The summed E-state index contributed by atoms with van der Waals surface area (Å²) >= 11 is -2.90. The van der Waals surface area contributed by atoms with Gasteiger partial charge in [0.25, 0.3) is 0 Å². The van der Waals surface area contributed by atoms with Crippen LogP contribution >= 0.6 is 0 Å². The van der Waals surface area contributed by atoms with Crippen molar-refractivity contribution in [2.24, 2.45) is 0 Å². The Hall–Kier alpha value is -1.72. The SMILES string of the molecule is [CH3][Sn]([CH3])([CH3])[c]1cc(C2C3=C(COCC3=O)N(C(=O)O)C3=C2S(=O)(=O)CC3)ccc1F. The van der Waals surface area contributed by atoms with Gasteiger partial charge in [0.05, 0.1) is 0 Å². The molecule has 1 amide bonds. The molecule has 0 spiro atoms. The molecule has 1 N–H and O–H groups in total. The summed E-state index contributed by atoms with van der Waals surface area (Å²) in [5, 5.41) is 9.78. The molecule has 4 rings (SSSR count). The van der Waals surface area contributed by atoms with Gasteiger partial charge in [-0.15, -0.1) is 0 Å². The van der Waals surface area contributed by atoms with Gasteiger partial charge in [-0.1, -0.05) is 0 Å². The third-order valence-electron chi connectivity index (χ3n) is 5.72. The molecule has 0 bridgehead atoms. The number of rotatable bonds is 2. The molecule has 10 heteroatoms. The summed E-state index contributed by atoms with van der Waals surface area (Å²) in [4.78, 5) is 31.8. The van der Waals surface area contributed by atoms with Gasteiger partial charge in [-0.05, 0) is 0 Å². The molecule has 30 heavy (non-hydrogen) atoms. The Morgan fingerprint density at radius 3 is 2.57 bits per heavy atom. The van der Waals surface area contributed by atoms with E-state index in [0.29, 0.717) is 9.14 Å². The molecule has 0 aliphatic carbocycles. The third kappa shape index (κ3) is 3.31. The fourth-order valence-electron chi connectivity index (χ4n) is 4.42. The minimum absolute atomic E-state index is 0.0397. The number of amides is 1. The Kier molecular flexibility index (Phi) is 5.14. The van der Waals surface area contributed by atoms with E-state index in [4.69, 9.17) is 4.74 Å². The molecule has 0 saturated carbocycles. The van der Waals surface area contributed by atoms with Gasteiger partial charge in [-0.3, -0.25) is 0 Å². The second-order valence-electron chi connectivity index (χ2n) is 8.70. The topological polar surface area (TPSA) is 101 Å². The number of ketones is 1.